The number of morpholine rings is 1. The van der Waals surface area contributed by atoms with Crippen molar-refractivity contribution in [2.75, 3.05) is 19.8 Å². The van der Waals surface area contributed by atoms with Crippen LogP contribution in [-0.4, -0.2) is 47.7 Å². The van der Waals surface area contributed by atoms with E-state index >= 15 is 0 Å². The Labute approximate surface area is 131 Å². The molecule has 3 rings (SSSR count). The zero-order valence-corrected chi connectivity index (χ0v) is 13.0. The predicted octanol–water partition coefficient (Wildman–Crippen LogP) is 1.86. The molecule has 0 radical (unpaired) electrons. The van der Waals surface area contributed by atoms with Crippen molar-refractivity contribution in [2.24, 2.45) is 5.92 Å². The number of rotatable bonds is 3. The van der Waals surface area contributed by atoms with Gasteiger partial charge in [-0.3, -0.25) is 4.79 Å². The molecule has 1 aromatic carbocycles. The highest BCUT2D eigenvalue weighted by molar-refractivity contribution is 9.10. The second-order valence-electron chi connectivity index (χ2n) is 5.46. The molecule has 2 aliphatic rings. The first-order chi connectivity index (χ1) is 10.1. The Morgan fingerprint density at radius 2 is 2.19 bits per heavy atom. The van der Waals surface area contributed by atoms with Gasteiger partial charge in [0.05, 0.1) is 13.2 Å². The average molecular weight is 354 g/mol. The van der Waals surface area contributed by atoms with Gasteiger partial charge in [0, 0.05) is 16.9 Å². The Hall–Kier alpha value is -1.40. The summed E-state index contributed by atoms with van der Waals surface area (Å²) in [6.07, 6.45) is 0.791. The van der Waals surface area contributed by atoms with Crippen LogP contribution in [0.1, 0.15) is 17.9 Å². The van der Waals surface area contributed by atoms with Crippen LogP contribution in [0.4, 0.5) is 0 Å². The van der Waals surface area contributed by atoms with E-state index in [1.54, 1.807) is 0 Å². The highest BCUT2D eigenvalue weighted by Gasteiger charge is 2.48. The van der Waals surface area contributed by atoms with Crippen molar-refractivity contribution in [2.45, 2.75) is 18.4 Å². The maximum absolute atomic E-state index is 12.5. The second-order valence-corrected chi connectivity index (χ2v) is 6.38. The fourth-order valence-corrected chi connectivity index (χ4v) is 3.28. The zero-order chi connectivity index (χ0) is 15.0. The maximum atomic E-state index is 12.5. The van der Waals surface area contributed by atoms with Crippen LogP contribution in [-0.2, 0) is 14.3 Å². The molecule has 1 aliphatic heterocycles. The molecule has 1 heterocycles. The summed E-state index contributed by atoms with van der Waals surface area (Å²) in [4.78, 5) is 25.2. The van der Waals surface area contributed by atoms with E-state index in [9.17, 15) is 14.7 Å². The monoisotopic (exact) mass is 353 g/mol. The standard InChI is InChI=1S/C15H16BrNO4/c16-10-3-1-2-9(6-10)11-7-12(11)14(18)17-4-5-21-8-13(17)15(19)20/h1-3,6,11-13H,4-5,7-8H2,(H,19,20)/t11-,12-,13-/m0/s1. The topological polar surface area (TPSA) is 66.8 Å². The Morgan fingerprint density at radius 3 is 2.90 bits per heavy atom. The normalized spacial score (nSPS) is 28.2. The van der Waals surface area contributed by atoms with E-state index in [0.29, 0.717) is 13.2 Å². The minimum atomic E-state index is -0.997. The number of benzene rings is 1. The van der Waals surface area contributed by atoms with Gasteiger partial charge in [-0.25, -0.2) is 4.79 Å². The Kier molecular flexibility index (Phi) is 3.99. The lowest BCUT2D eigenvalue weighted by Gasteiger charge is -2.33. The number of aliphatic carboxylic acids is 1. The molecule has 1 amide bonds. The molecule has 0 unspecified atom stereocenters. The van der Waals surface area contributed by atoms with Crippen LogP contribution in [0.2, 0.25) is 0 Å². The summed E-state index contributed by atoms with van der Waals surface area (Å²) in [5.74, 6) is -0.954. The van der Waals surface area contributed by atoms with Crippen LogP contribution in [0.15, 0.2) is 28.7 Å². The third-order valence-electron chi connectivity index (χ3n) is 4.08. The molecule has 21 heavy (non-hydrogen) atoms. The van der Waals surface area contributed by atoms with Gasteiger partial charge in [-0.1, -0.05) is 28.1 Å². The van der Waals surface area contributed by atoms with Gasteiger partial charge in [-0.2, -0.15) is 0 Å². The SMILES string of the molecule is O=C(O)[C@@H]1COCCN1C(=O)[C@H]1C[C@H]1c1cccc(Br)c1. The van der Waals surface area contributed by atoms with E-state index in [2.05, 4.69) is 15.9 Å². The van der Waals surface area contributed by atoms with Gasteiger partial charge >= 0.3 is 5.97 Å². The predicted molar refractivity (Wildman–Crippen MR) is 78.9 cm³/mol. The molecule has 6 heteroatoms. The number of carboxylic acid groups (broad SMARTS) is 1. The van der Waals surface area contributed by atoms with Crippen molar-refractivity contribution in [1.82, 2.24) is 4.90 Å². The Balaban J connectivity index is 1.70. The number of hydrogen-bond donors (Lipinski definition) is 1. The minimum Gasteiger partial charge on any atom is -0.480 e. The summed E-state index contributed by atoms with van der Waals surface area (Å²) in [7, 11) is 0. The third-order valence-corrected chi connectivity index (χ3v) is 4.57. The molecule has 0 spiro atoms. The number of ether oxygens (including phenoxy) is 1. The van der Waals surface area contributed by atoms with Gasteiger partial charge in [0.2, 0.25) is 5.91 Å². The van der Waals surface area contributed by atoms with E-state index in [1.165, 1.54) is 4.90 Å². The lowest BCUT2D eigenvalue weighted by atomic mass is 10.1. The first-order valence-corrected chi connectivity index (χ1v) is 7.73. The summed E-state index contributed by atoms with van der Waals surface area (Å²) in [6, 6.07) is 7.08. The number of nitrogens with zero attached hydrogens (tertiary/aromatic N) is 1. The summed E-state index contributed by atoms with van der Waals surface area (Å²) in [6.45, 7) is 0.844. The van der Waals surface area contributed by atoms with Crippen molar-refractivity contribution in [3.05, 3.63) is 34.3 Å². The maximum Gasteiger partial charge on any atom is 0.328 e. The van der Waals surface area contributed by atoms with Crippen molar-refractivity contribution >= 4 is 27.8 Å². The molecule has 112 valence electrons. The molecule has 1 saturated heterocycles. The van der Waals surface area contributed by atoms with E-state index in [-0.39, 0.29) is 24.3 Å². The molecule has 3 atom stereocenters. The van der Waals surface area contributed by atoms with Crippen molar-refractivity contribution in [3.63, 3.8) is 0 Å². The molecule has 2 fully saturated rings. The number of hydrogen-bond acceptors (Lipinski definition) is 3. The highest BCUT2D eigenvalue weighted by Crippen LogP contribution is 2.49. The highest BCUT2D eigenvalue weighted by atomic mass is 79.9. The molecular formula is C15H16BrNO4. The minimum absolute atomic E-state index is 0.0596. The van der Waals surface area contributed by atoms with Crippen LogP contribution < -0.4 is 0 Å². The van der Waals surface area contributed by atoms with E-state index in [4.69, 9.17) is 4.74 Å². The molecule has 1 aliphatic carbocycles. The molecular weight excluding hydrogens is 338 g/mol. The summed E-state index contributed by atoms with van der Waals surface area (Å²) in [5.41, 5.74) is 1.13. The average Bonchev–Trinajstić information content (AvgIpc) is 3.27. The summed E-state index contributed by atoms with van der Waals surface area (Å²) < 4.78 is 6.16. The lowest BCUT2D eigenvalue weighted by Crippen LogP contribution is -2.53. The largest absolute Gasteiger partial charge is 0.480 e. The fraction of sp³-hybridized carbons (Fsp3) is 0.467. The molecule has 1 aromatic rings. The molecule has 1 saturated carbocycles. The van der Waals surface area contributed by atoms with Gasteiger partial charge in [0.25, 0.3) is 0 Å². The number of carbonyl (C=O) groups is 2. The second kappa shape index (κ2) is 5.77. The molecule has 0 aromatic heterocycles. The van der Waals surface area contributed by atoms with Crippen LogP contribution in [0, 0.1) is 5.92 Å². The molecule has 0 bridgehead atoms. The zero-order valence-electron chi connectivity index (χ0n) is 11.4. The van der Waals surface area contributed by atoms with Crippen LogP contribution in [0.3, 0.4) is 0 Å². The number of carbonyl (C=O) groups excluding carboxylic acids is 1. The van der Waals surface area contributed by atoms with Gasteiger partial charge in [-0.05, 0) is 30.0 Å². The van der Waals surface area contributed by atoms with Crippen LogP contribution in [0.25, 0.3) is 0 Å². The number of halogens is 1. The van der Waals surface area contributed by atoms with Gasteiger partial charge in [-0.15, -0.1) is 0 Å². The van der Waals surface area contributed by atoms with Crippen molar-refractivity contribution in [1.29, 1.82) is 0 Å². The molecule has 5 nitrogen and oxygen atoms in total. The fourth-order valence-electron chi connectivity index (χ4n) is 2.86. The number of amides is 1. The summed E-state index contributed by atoms with van der Waals surface area (Å²) >= 11 is 3.43. The van der Waals surface area contributed by atoms with Crippen molar-refractivity contribution < 1.29 is 19.4 Å². The van der Waals surface area contributed by atoms with E-state index < -0.39 is 12.0 Å². The first kappa shape index (κ1) is 14.5. The van der Waals surface area contributed by atoms with Gasteiger partial charge in [0.1, 0.15) is 0 Å². The van der Waals surface area contributed by atoms with Gasteiger partial charge < -0.3 is 14.7 Å². The van der Waals surface area contributed by atoms with Crippen LogP contribution in [0.5, 0.6) is 0 Å². The lowest BCUT2D eigenvalue weighted by molar-refractivity contribution is -0.158. The van der Waals surface area contributed by atoms with Crippen molar-refractivity contribution in [3.8, 4) is 0 Å². The molecule has 1 N–H and O–H groups in total. The first-order valence-electron chi connectivity index (χ1n) is 6.94. The number of carboxylic acids is 1. The Bertz CT molecular complexity index is 577. The smallest absolute Gasteiger partial charge is 0.328 e. The quantitative estimate of drug-likeness (QED) is 0.900. The van der Waals surface area contributed by atoms with E-state index in [0.717, 1.165) is 16.5 Å². The van der Waals surface area contributed by atoms with Crippen LogP contribution >= 0.6 is 15.9 Å². The Morgan fingerprint density at radius 1 is 1.38 bits per heavy atom. The summed E-state index contributed by atoms with van der Waals surface area (Å²) in [5, 5.41) is 9.20. The van der Waals surface area contributed by atoms with Gasteiger partial charge in [0.15, 0.2) is 6.04 Å². The third kappa shape index (κ3) is 2.96. The van der Waals surface area contributed by atoms with E-state index in [1.807, 2.05) is 24.3 Å².